The zero-order valence-electron chi connectivity index (χ0n) is 19.0. The second-order valence-electron chi connectivity index (χ2n) is 8.02. The molecule has 0 aliphatic heterocycles. The van der Waals surface area contributed by atoms with Gasteiger partial charge in [0.1, 0.15) is 0 Å². The van der Waals surface area contributed by atoms with Crippen LogP contribution in [0.3, 0.4) is 0 Å². The summed E-state index contributed by atoms with van der Waals surface area (Å²) in [6, 6.07) is 15.9. The van der Waals surface area contributed by atoms with Crippen LogP contribution in [0.1, 0.15) is 37.4 Å². The summed E-state index contributed by atoms with van der Waals surface area (Å²) in [5.74, 6) is -0.937. The smallest absolute Gasteiger partial charge is 0.387 e. The number of benzene rings is 3. The highest BCUT2D eigenvalue weighted by Gasteiger charge is 2.31. The number of methoxy groups -OCH3 is 1. The molecule has 0 aromatic heterocycles. The molecule has 9 heteroatoms. The number of halogens is 2. The molecule has 35 heavy (non-hydrogen) atoms. The maximum Gasteiger partial charge on any atom is 0.387 e. The van der Waals surface area contributed by atoms with Crippen LogP contribution in [0.5, 0.6) is 11.5 Å². The Morgan fingerprint density at radius 2 is 1.63 bits per heavy atom. The fourth-order valence-electron chi connectivity index (χ4n) is 4.06. The lowest BCUT2D eigenvalue weighted by molar-refractivity contribution is -0.117. The predicted molar refractivity (Wildman–Crippen MR) is 124 cm³/mol. The first kappa shape index (κ1) is 24.0. The number of anilines is 1. The molecule has 1 aliphatic rings. The van der Waals surface area contributed by atoms with Gasteiger partial charge in [-0.2, -0.15) is 8.78 Å². The van der Waals surface area contributed by atoms with E-state index in [9.17, 15) is 23.2 Å². The molecule has 0 saturated carbocycles. The van der Waals surface area contributed by atoms with Gasteiger partial charge in [0.05, 0.1) is 24.9 Å². The molecular weight excluding hydrogens is 458 g/mol. The molecule has 0 fully saturated rings. The van der Waals surface area contributed by atoms with Gasteiger partial charge < -0.3 is 14.8 Å². The number of carbonyl (C=O) groups excluding carboxylic acids is 3. The van der Waals surface area contributed by atoms with Crippen LogP contribution in [-0.4, -0.2) is 49.7 Å². The average molecular weight is 480 g/mol. The van der Waals surface area contributed by atoms with E-state index in [4.69, 9.17) is 4.74 Å². The summed E-state index contributed by atoms with van der Waals surface area (Å²) in [5.41, 5.74) is 1.92. The highest BCUT2D eigenvalue weighted by molar-refractivity contribution is 6.30. The number of carbonyl (C=O) groups is 3. The fourth-order valence-corrected chi connectivity index (χ4v) is 4.06. The lowest BCUT2D eigenvalue weighted by atomic mass is 9.83. The van der Waals surface area contributed by atoms with Gasteiger partial charge in [0.25, 0.3) is 0 Å². The normalized spacial score (nSPS) is 12.4. The molecule has 0 bridgehead atoms. The summed E-state index contributed by atoms with van der Waals surface area (Å²) in [6.45, 7) is -2.80. The monoisotopic (exact) mass is 480 g/mol. The number of ketones is 2. The highest BCUT2D eigenvalue weighted by atomic mass is 19.3. The maximum atomic E-state index is 13.1. The summed E-state index contributed by atoms with van der Waals surface area (Å²) in [5, 5.41) is 2.73. The molecule has 0 saturated heterocycles. The molecule has 7 nitrogen and oxygen atoms in total. The Bertz CT molecular complexity index is 1310. The molecular formula is C26H22F2N2O5. The zero-order chi connectivity index (χ0) is 25.1. The third kappa shape index (κ3) is 5.04. The molecule has 1 N–H and O–H groups in total. The first-order valence-electron chi connectivity index (χ1n) is 10.7. The van der Waals surface area contributed by atoms with E-state index in [1.807, 2.05) is 0 Å². The van der Waals surface area contributed by atoms with Gasteiger partial charge in [-0.1, -0.05) is 42.5 Å². The third-order valence-corrected chi connectivity index (χ3v) is 5.54. The van der Waals surface area contributed by atoms with Crippen molar-refractivity contribution in [1.82, 2.24) is 4.90 Å². The Morgan fingerprint density at radius 3 is 2.31 bits per heavy atom. The van der Waals surface area contributed by atoms with Crippen LogP contribution < -0.4 is 14.8 Å². The lowest BCUT2D eigenvalue weighted by Gasteiger charge is -2.21. The van der Waals surface area contributed by atoms with Gasteiger partial charge in [-0.05, 0) is 30.8 Å². The first-order chi connectivity index (χ1) is 16.8. The molecule has 0 unspecified atom stereocenters. The molecule has 0 heterocycles. The first-order valence-corrected chi connectivity index (χ1v) is 10.7. The summed E-state index contributed by atoms with van der Waals surface area (Å²) in [7, 11) is 3.03. The quantitative estimate of drug-likeness (QED) is 0.408. The average Bonchev–Trinajstić information content (AvgIpc) is 2.82. The van der Waals surface area contributed by atoms with Crippen LogP contribution >= 0.6 is 0 Å². The fraction of sp³-hybridized carbons (Fsp3) is 0.192. The summed E-state index contributed by atoms with van der Waals surface area (Å²) in [6.07, 6.45) is 0. The van der Waals surface area contributed by atoms with Crippen LogP contribution in [0.2, 0.25) is 0 Å². The Balaban J connectivity index is 1.47. The van der Waals surface area contributed by atoms with Crippen LogP contribution in [-0.2, 0) is 11.3 Å². The van der Waals surface area contributed by atoms with E-state index in [1.54, 1.807) is 60.5 Å². The minimum Gasteiger partial charge on any atom is -0.493 e. The summed E-state index contributed by atoms with van der Waals surface area (Å²) in [4.78, 5) is 40.4. The predicted octanol–water partition coefficient (Wildman–Crippen LogP) is 4.14. The van der Waals surface area contributed by atoms with E-state index >= 15 is 0 Å². The van der Waals surface area contributed by atoms with Crippen molar-refractivity contribution >= 4 is 23.2 Å². The van der Waals surface area contributed by atoms with E-state index in [0.717, 1.165) is 0 Å². The zero-order valence-corrected chi connectivity index (χ0v) is 19.0. The van der Waals surface area contributed by atoms with E-state index in [1.165, 1.54) is 19.2 Å². The van der Waals surface area contributed by atoms with Gasteiger partial charge in [-0.3, -0.25) is 19.3 Å². The van der Waals surface area contributed by atoms with Crippen molar-refractivity contribution in [2.45, 2.75) is 13.2 Å². The number of hydrogen-bond acceptors (Lipinski definition) is 6. The van der Waals surface area contributed by atoms with E-state index in [-0.39, 0.29) is 53.0 Å². The Morgan fingerprint density at radius 1 is 0.943 bits per heavy atom. The maximum absolute atomic E-state index is 13.1. The molecule has 0 spiro atoms. The highest BCUT2D eigenvalue weighted by Crippen LogP contribution is 2.32. The van der Waals surface area contributed by atoms with Crippen LogP contribution in [0.25, 0.3) is 0 Å². The number of ether oxygens (including phenoxy) is 2. The number of fused-ring (bicyclic) bond motifs is 2. The molecule has 3 aromatic carbocycles. The number of nitrogens with one attached hydrogen (secondary N) is 1. The minimum atomic E-state index is -3.00. The minimum absolute atomic E-state index is 0.0561. The van der Waals surface area contributed by atoms with E-state index < -0.39 is 12.5 Å². The molecule has 4 rings (SSSR count). The molecule has 0 atom stereocenters. The SMILES string of the molecule is COc1ccc(CN(C)CC(=O)Nc2cccc3c2C(=O)c2ccccc2C3=O)cc1OC(F)F. The number of rotatable bonds is 8. The van der Waals surface area contributed by atoms with Gasteiger partial charge in [0.15, 0.2) is 23.1 Å². The number of amides is 1. The number of nitrogens with zero attached hydrogens (tertiary/aromatic N) is 1. The van der Waals surface area contributed by atoms with Gasteiger partial charge in [0, 0.05) is 23.2 Å². The molecule has 1 aliphatic carbocycles. The molecule has 0 radical (unpaired) electrons. The van der Waals surface area contributed by atoms with Crippen LogP contribution in [0, 0.1) is 0 Å². The second kappa shape index (κ2) is 10.0. The Kier molecular flexibility index (Phi) is 6.88. The van der Waals surface area contributed by atoms with Crippen molar-refractivity contribution in [2.24, 2.45) is 0 Å². The Hall–Kier alpha value is -4.11. The van der Waals surface area contributed by atoms with Crippen LogP contribution in [0.15, 0.2) is 60.7 Å². The van der Waals surface area contributed by atoms with Gasteiger partial charge >= 0.3 is 6.61 Å². The van der Waals surface area contributed by atoms with Gasteiger partial charge in [-0.25, -0.2) is 0 Å². The number of alkyl halides is 2. The van der Waals surface area contributed by atoms with Crippen LogP contribution in [0.4, 0.5) is 14.5 Å². The van der Waals surface area contributed by atoms with Gasteiger partial charge in [0.2, 0.25) is 5.91 Å². The van der Waals surface area contributed by atoms with Crippen molar-refractivity contribution < 1.29 is 32.6 Å². The van der Waals surface area contributed by atoms with Crippen molar-refractivity contribution in [3.05, 3.63) is 88.5 Å². The number of likely N-dealkylation sites (N-methyl/N-ethyl adjacent to an activating group) is 1. The van der Waals surface area contributed by atoms with Gasteiger partial charge in [-0.15, -0.1) is 0 Å². The standard InChI is InChI=1S/C26H22F2N2O5/c1-30(13-15-10-11-20(34-2)21(12-15)35-26(27)28)14-22(31)29-19-9-5-8-18-23(19)25(33)17-7-4-3-6-16(17)24(18)32/h3-12,26H,13-14H2,1-2H3,(H,29,31). The molecule has 3 aromatic rings. The van der Waals surface area contributed by atoms with E-state index in [0.29, 0.717) is 16.7 Å². The Labute approximate surface area is 200 Å². The number of hydrogen-bond donors (Lipinski definition) is 1. The second-order valence-corrected chi connectivity index (χ2v) is 8.02. The molecule has 1 amide bonds. The lowest BCUT2D eigenvalue weighted by Crippen LogP contribution is -2.31. The van der Waals surface area contributed by atoms with Crippen molar-refractivity contribution in [2.75, 3.05) is 26.0 Å². The van der Waals surface area contributed by atoms with Crippen molar-refractivity contribution in [3.63, 3.8) is 0 Å². The van der Waals surface area contributed by atoms with E-state index in [2.05, 4.69) is 10.1 Å². The van der Waals surface area contributed by atoms with Crippen molar-refractivity contribution in [3.8, 4) is 11.5 Å². The summed E-state index contributed by atoms with van der Waals surface area (Å²) >= 11 is 0. The summed E-state index contributed by atoms with van der Waals surface area (Å²) < 4.78 is 34.9. The largest absolute Gasteiger partial charge is 0.493 e. The topological polar surface area (TPSA) is 84.9 Å². The van der Waals surface area contributed by atoms with Crippen molar-refractivity contribution in [1.29, 1.82) is 0 Å². The molecule has 180 valence electrons. The third-order valence-electron chi connectivity index (χ3n) is 5.54.